The molecule has 1 N–H and O–H groups in total. The first-order valence-electron chi connectivity index (χ1n) is 12.2. The predicted molar refractivity (Wildman–Crippen MR) is 149 cm³/mol. The van der Waals surface area contributed by atoms with E-state index in [4.69, 9.17) is 4.98 Å². The van der Waals surface area contributed by atoms with Gasteiger partial charge in [0.25, 0.3) is 0 Å². The zero-order valence-electron chi connectivity index (χ0n) is 20.2. The van der Waals surface area contributed by atoms with Gasteiger partial charge in [-0.3, -0.25) is 9.69 Å². The number of thiazole rings is 1. The Labute approximate surface area is 219 Å². The van der Waals surface area contributed by atoms with Gasteiger partial charge in [-0.25, -0.2) is 13.4 Å². The molecule has 1 aliphatic rings. The zero-order valence-corrected chi connectivity index (χ0v) is 22.6. The lowest BCUT2D eigenvalue weighted by Gasteiger charge is -2.26. The number of fused-ring (bicyclic) bond motifs is 2. The van der Waals surface area contributed by atoms with Crippen LogP contribution in [0.3, 0.4) is 0 Å². The van der Waals surface area contributed by atoms with Crippen molar-refractivity contribution in [1.29, 1.82) is 0 Å². The average molecular weight is 540 g/mol. The third-order valence-electron chi connectivity index (χ3n) is 6.36. The molecular weight excluding hydrogens is 511 g/mol. The Hall–Kier alpha value is -2.59. The van der Waals surface area contributed by atoms with E-state index in [1.807, 2.05) is 18.2 Å². The smallest absolute Gasteiger partial charge is 0.225 e. The molecule has 2 aromatic heterocycles. The number of nitrogens with zero attached hydrogens (tertiary/aromatic N) is 2. The normalized spacial score (nSPS) is 14.1. The van der Waals surface area contributed by atoms with Crippen molar-refractivity contribution in [2.45, 2.75) is 44.0 Å². The highest BCUT2D eigenvalue weighted by Gasteiger charge is 2.27. The largest absolute Gasteiger partial charge is 0.317 e. The van der Waals surface area contributed by atoms with Crippen molar-refractivity contribution >= 4 is 53.6 Å². The van der Waals surface area contributed by atoms with E-state index in [0.717, 1.165) is 58.3 Å². The van der Waals surface area contributed by atoms with E-state index in [0.29, 0.717) is 4.90 Å². The van der Waals surface area contributed by atoms with Crippen molar-refractivity contribution < 1.29 is 13.2 Å². The highest BCUT2D eigenvalue weighted by molar-refractivity contribution is 7.91. The third-order valence-corrected chi connectivity index (χ3v) is 10.4. The molecule has 5 rings (SSSR count). The molecule has 6 nitrogen and oxygen atoms in total. The fourth-order valence-electron chi connectivity index (χ4n) is 4.61. The number of thiophene rings is 1. The van der Waals surface area contributed by atoms with Gasteiger partial charge in [-0.1, -0.05) is 37.3 Å². The SMILES string of the molecule is CCCN1CCc2c(sc(NC(=O)CCCS(=O)(=O)c3ccccc3)c2-c2nc3ccccc3s2)C1. The molecule has 2 aromatic carbocycles. The number of anilines is 1. The van der Waals surface area contributed by atoms with Crippen molar-refractivity contribution in [3.05, 3.63) is 65.0 Å². The molecule has 3 heterocycles. The maximum Gasteiger partial charge on any atom is 0.225 e. The summed E-state index contributed by atoms with van der Waals surface area (Å²) in [5.74, 6) is -0.216. The van der Waals surface area contributed by atoms with E-state index in [1.54, 1.807) is 53.0 Å². The number of hydrogen-bond donors (Lipinski definition) is 1. The van der Waals surface area contributed by atoms with Gasteiger partial charge in [0.2, 0.25) is 5.91 Å². The fourth-order valence-corrected chi connectivity index (χ4v) is 8.36. The van der Waals surface area contributed by atoms with Gasteiger partial charge in [0, 0.05) is 30.0 Å². The molecule has 9 heteroatoms. The molecule has 1 aliphatic heterocycles. The van der Waals surface area contributed by atoms with Gasteiger partial charge in [-0.05, 0) is 55.6 Å². The number of carbonyl (C=O) groups excluding carboxylic acids is 1. The molecule has 0 saturated heterocycles. The first kappa shape index (κ1) is 25.1. The van der Waals surface area contributed by atoms with Gasteiger partial charge in [-0.2, -0.15) is 0 Å². The molecular formula is C27H29N3O3S3. The second kappa shape index (κ2) is 10.8. The Morgan fingerprint density at radius 1 is 1.08 bits per heavy atom. The molecule has 0 saturated carbocycles. The number of hydrogen-bond acceptors (Lipinski definition) is 7. The van der Waals surface area contributed by atoms with Gasteiger partial charge in [0.15, 0.2) is 9.84 Å². The topological polar surface area (TPSA) is 79.4 Å². The first-order valence-corrected chi connectivity index (χ1v) is 15.5. The number of rotatable bonds is 9. The van der Waals surface area contributed by atoms with Crippen LogP contribution < -0.4 is 5.32 Å². The van der Waals surface area contributed by atoms with Crippen LogP contribution in [-0.2, 0) is 27.6 Å². The Morgan fingerprint density at radius 2 is 1.86 bits per heavy atom. The average Bonchev–Trinajstić information content (AvgIpc) is 3.45. The van der Waals surface area contributed by atoms with Crippen LogP contribution in [-0.4, -0.2) is 43.1 Å². The highest BCUT2D eigenvalue weighted by Crippen LogP contribution is 2.45. The van der Waals surface area contributed by atoms with Gasteiger partial charge >= 0.3 is 0 Å². The Morgan fingerprint density at radius 3 is 2.64 bits per heavy atom. The summed E-state index contributed by atoms with van der Waals surface area (Å²) >= 11 is 3.29. The number of sulfone groups is 1. The molecule has 0 atom stereocenters. The summed E-state index contributed by atoms with van der Waals surface area (Å²) in [4.78, 5) is 21.9. The van der Waals surface area contributed by atoms with Crippen LogP contribution in [0.25, 0.3) is 20.8 Å². The summed E-state index contributed by atoms with van der Waals surface area (Å²) < 4.78 is 26.3. The summed E-state index contributed by atoms with van der Waals surface area (Å²) in [7, 11) is -3.40. The molecule has 0 spiro atoms. The number of para-hydroxylation sites is 1. The minimum absolute atomic E-state index is 0.0535. The molecule has 0 radical (unpaired) electrons. The third kappa shape index (κ3) is 5.39. The molecule has 1 amide bonds. The summed E-state index contributed by atoms with van der Waals surface area (Å²) in [5, 5.41) is 4.87. The molecule has 4 aromatic rings. The van der Waals surface area contributed by atoms with Crippen molar-refractivity contribution in [2.24, 2.45) is 0 Å². The van der Waals surface area contributed by atoms with E-state index < -0.39 is 9.84 Å². The van der Waals surface area contributed by atoms with E-state index >= 15 is 0 Å². The monoisotopic (exact) mass is 539 g/mol. The predicted octanol–water partition coefficient (Wildman–Crippen LogP) is 5.99. The van der Waals surface area contributed by atoms with Crippen molar-refractivity contribution in [3.63, 3.8) is 0 Å². The first-order chi connectivity index (χ1) is 17.4. The van der Waals surface area contributed by atoms with E-state index in [-0.39, 0.29) is 24.5 Å². The molecule has 188 valence electrons. The van der Waals surface area contributed by atoms with Gasteiger partial charge in [0.05, 0.1) is 20.9 Å². The van der Waals surface area contributed by atoms with Crippen LogP contribution >= 0.6 is 22.7 Å². The van der Waals surface area contributed by atoms with Crippen LogP contribution in [0.2, 0.25) is 0 Å². The van der Waals surface area contributed by atoms with E-state index in [1.165, 1.54) is 10.4 Å². The Bertz CT molecular complexity index is 1440. The number of aromatic nitrogens is 1. The van der Waals surface area contributed by atoms with E-state index in [9.17, 15) is 13.2 Å². The summed E-state index contributed by atoms with van der Waals surface area (Å²) in [6.45, 7) is 5.14. The lowest BCUT2D eigenvalue weighted by Crippen LogP contribution is -2.30. The zero-order chi connectivity index (χ0) is 25.1. The van der Waals surface area contributed by atoms with Crippen LogP contribution in [0.1, 0.15) is 36.6 Å². The van der Waals surface area contributed by atoms with E-state index in [2.05, 4.69) is 23.2 Å². The van der Waals surface area contributed by atoms with Crippen LogP contribution in [0.4, 0.5) is 5.00 Å². The van der Waals surface area contributed by atoms with Crippen LogP contribution in [0, 0.1) is 0 Å². The quantitative estimate of drug-likeness (QED) is 0.283. The molecule has 0 aliphatic carbocycles. The molecule has 0 bridgehead atoms. The van der Waals surface area contributed by atoms with Crippen LogP contribution in [0.15, 0.2) is 59.5 Å². The van der Waals surface area contributed by atoms with Crippen LogP contribution in [0.5, 0.6) is 0 Å². The molecule has 0 unspecified atom stereocenters. The maximum absolute atomic E-state index is 12.9. The molecule has 0 fully saturated rings. The lowest BCUT2D eigenvalue weighted by molar-refractivity contribution is -0.116. The number of benzene rings is 2. The minimum atomic E-state index is -3.40. The number of nitrogens with one attached hydrogen (secondary N) is 1. The van der Waals surface area contributed by atoms with Crippen molar-refractivity contribution in [3.8, 4) is 10.6 Å². The van der Waals surface area contributed by atoms with Gasteiger partial charge in [0.1, 0.15) is 10.0 Å². The highest BCUT2D eigenvalue weighted by atomic mass is 32.2. The second-order valence-electron chi connectivity index (χ2n) is 9.00. The second-order valence-corrected chi connectivity index (χ2v) is 13.2. The van der Waals surface area contributed by atoms with Gasteiger partial charge in [-0.15, -0.1) is 22.7 Å². The maximum atomic E-state index is 12.9. The Kier molecular flexibility index (Phi) is 7.52. The Balaban J connectivity index is 1.36. The van der Waals surface area contributed by atoms with Crippen molar-refractivity contribution in [2.75, 3.05) is 24.2 Å². The minimum Gasteiger partial charge on any atom is -0.317 e. The van der Waals surface area contributed by atoms with Gasteiger partial charge < -0.3 is 5.32 Å². The van der Waals surface area contributed by atoms with Crippen molar-refractivity contribution in [1.82, 2.24) is 9.88 Å². The number of carbonyl (C=O) groups is 1. The molecule has 36 heavy (non-hydrogen) atoms. The standard InChI is InChI=1S/C27H29N3O3S3/c1-2-15-30-16-14-20-23(18-30)35-27(25(20)26-28-21-11-6-7-12-22(21)34-26)29-24(31)13-8-17-36(32,33)19-9-4-3-5-10-19/h3-7,9-12H,2,8,13-18H2,1H3,(H,29,31). The summed E-state index contributed by atoms with van der Waals surface area (Å²) in [6, 6.07) is 16.5. The summed E-state index contributed by atoms with van der Waals surface area (Å²) in [5.41, 5.74) is 3.29. The fraction of sp³-hybridized carbons (Fsp3) is 0.333. The lowest BCUT2D eigenvalue weighted by atomic mass is 10.0. The summed E-state index contributed by atoms with van der Waals surface area (Å²) in [6.07, 6.45) is 2.47. The number of amides is 1.